The van der Waals surface area contributed by atoms with Crippen LogP contribution in [0, 0.1) is 71.0 Å². The fourth-order valence-electron chi connectivity index (χ4n) is 12.8. The largest absolute Gasteiger partial charge is 0.385 e. The van der Waals surface area contributed by atoms with Gasteiger partial charge in [-0.3, -0.25) is 0 Å². The van der Waals surface area contributed by atoms with Gasteiger partial charge in [0.1, 0.15) is 0 Å². The molecule has 0 aliphatic heterocycles. The molecule has 0 spiro atoms. The van der Waals surface area contributed by atoms with E-state index in [0.717, 1.165) is 79.1 Å². The monoisotopic (exact) mass is 1430 g/mol. The van der Waals surface area contributed by atoms with Gasteiger partial charge in [0.15, 0.2) is 0 Å². The number of aryl methyl sites for hydroxylation is 1. The normalized spacial score (nSPS) is 13.0. The molecular weight excluding hydrogens is 1230 g/mol. The molecule has 1 aromatic rings. The number of nitrogens with zero attached hydrogens (tertiary/aromatic N) is 1. The highest BCUT2D eigenvalue weighted by Gasteiger charge is 2.20. The SMILES string of the molecule is C=C(C/C=C(\C)CCC=C(C)C)CCC(C)(C)CCCC/C(C)=C\CC(C)C.CC(C)CCCC(C)CCC(C)CCC(C)(C)CCCCC(C)CCC(C)C.CCCCCCCCCCCCCCNCCC(C)C.CCCCCCN(C)CCC(C)C.Cc1ccc(NCCC(C)C)cc1. The van der Waals surface area contributed by atoms with Crippen molar-refractivity contribution in [3.05, 3.63) is 76.9 Å². The van der Waals surface area contributed by atoms with E-state index in [1.54, 1.807) is 5.57 Å². The van der Waals surface area contributed by atoms with E-state index in [-0.39, 0.29) is 0 Å². The van der Waals surface area contributed by atoms with Crippen LogP contribution in [0.1, 0.15) is 448 Å². The van der Waals surface area contributed by atoms with Gasteiger partial charge in [0, 0.05) is 12.2 Å². The molecule has 3 atom stereocenters. The number of anilines is 1. The Balaban J connectivity index is -0.000000609. The first kappa shape index (κ1) is 106. The third kappa shape index (κ3) is 88.5. The van der Waals surface area contributed by atoms with Gasteiger partial charge >= 0.3 is 0 Å². The molecule has 0 bridgehead atoms. The first-order valence-electron chi connectivity index (χ1n) is 45.0. The summed E-state index contributed by atoms with van der Waals surface area (Å²) in [6, 6.07) is 8.54. The van der Waals surface area contributed by atoms with Crippen molar-refractivity contribution in [2.75, 3.05) is 45.1 Å². The van der Waals surface area contributed by atoms with Gasteiger partial charge in [0.05, 0.1) is 0 Å². The lowest BCUT2D eigenvalue weighted by Crippen LogP contribution is -2.21. The fraction of sp³-hybridized carbons (Fsp3) is 0.859. The summed E-state index contributed by atoms with van der Waals surface area (Å²) in [7, 11) is 2.24. The van der Waals surface area contributed by atoms with Gasteiger partial charge in [-0.15, -0.1) is 0 Å². The van der Waals surface area contributed by atoms with Crippen LogP contribution in [-0.4, -0.2) is 44.7 Å². The van der Waals surface area contributed by atoms with Crippen molar-refractivity contribution in [2.45, 2.75) is 450 Å². The number of unbranched alkanes of at least 4 members (excludes halogenated alkanes) is 16. The molecule has 0 saturated carbocycles. The van der Waals surface area contributed by atoms with Crippen molar-refractivity contribution in [1.82, 2.24) is 10.2 Å². The molecule has 0 aromatic heterocycles. The number of rotatable bonds is 61. The van der Waals surface area contributed by atoms with Crippen molar-refractivity contribution in [3.63, 3.8) is 0 Å². The number of allylic oxidation sites excluding steroid dienone is 7. The Morgan fingerprint density at radius 1 is 0.402 bits per heavy atom. The summed E-state index contributed by atoms with van der Waals surface area (Å²) in [5.41, 5.74) is 9.40. The Hall–Kier alpha value is -2.10. The molecule has 0 radical (unpaired) electrons. The zero-order valence-electron chi connectivity index (χ0n) is 75.6. The first-order chi connectivity index (χ1) is 48.1. The predicted molar refractivity (Wildman–Crippen MR) is 475 cm³/mol. The number of benzene rings is 1. The van der Waals surface area contributed by atoms with Crippen molar-refractivity contribution in [2.24, 2.45) is 64.1 Å². The van der Waals surface area contributed by atoms with Gasteiger partial charge in [-0.05, 0) is 247 Å². The van der Waals surface area contributed by atoms with E-state index in [4.69, 9.17) is 0 Å². The maximum absolute atomic E-state index is 4.33. The Morgan fingerprint density at radius 2 is 0.863 bits per heavy atom. The molecule has 0 fully saturated rings. The molecule has 3 unspecified atom stereocenters. The summed E-state index contributed by atoms with van der Waals surface area (Å²) in [5.74, 6) is 7.73. The van der Waals surface area contributed by atoms with Crippen LogP contribution in [0.15, 0.2) is 71.4 Å². The molecule has 2 N–H and O–H groups in total. The Kier molecular flexibility index (Phi) is 76.1. The minimum absolute atomic E-state index is 0.431. The summed E-state index contributed by atoms with van der Waals surface area (Å²) in [4.78, 5) is 2.47. The van der Waals surface area contributed by atoms with Crippen LogP contribution >= 0.6 is 0 Å². The average molecular weight is 1430 g/mol. The zero-order chi connectivity index (χ0) is 77.8. The molecule has 0 amide bonds. The zero-order valence-corrected chi connectivity index (χ0v) is 75.6. The third-order valence-corrected chi connectivity index (χ3v) is 21.3. The van der Waals surface area contributed by atoms with E-state index >= 15 is 0 Å². The summed E-state index contributed by atoms with van der Waals surface area (Å²) >= 11 is 0. The van der Waals surface area contributed by atoms with E-state index < -0.39 is 0 Å². The standard InChI is InChI=1S/C28H58.C28H50.C19H41N.C12H19N.C12H27N/c2*1-23(2)13-12-15-26(6)18-19-27(7)20-22-28(8,9)21-11-10-14-25(5)17-16-24(3)4;1-4-5-6-7-8-9-10-11-12-13-14-15-17-20-18-16-19(2)3;1-10(2)8-9-13-12-6-4-11(3)5-7-12;1-5-6-7-8-10-13(4)11-9-12(2)3/h23-27H,10-22H2,1-9H3;13,17-18,24H,7,10-12,14-16,19-22H2,1-6,8-9H3;19-20H,4-18H2,1-3H3;4-7,10,13H,8-9H2,1-3H3;12H,5-11H2,1-4H3/b;25-17-,26-18+;;;. The molecule has 102 heavy (non-hydrogen) atoms. The molecule has 3 heteroatoms. The van der Waals surface area contributed by atoms with Crippen LogP contribution in [0.3, 0.4) is 0 Å². The van der Waals surface area contributed by atoms with Gasteiger partial charge in [-0.25, -0.2) is 0 Å². The van der Waals surface area contributed by atoms with Gasteiger partial charge in [-0.2, -0.15) is 0 Å². The van der Waals surface area contributed by atoms with Crippen LogP contribution in [0.5, 0.6) is 0 Å². The molecule has 606 valence electrons. The van der Waals surface area contributed by atoms with Crippen LogP contribution in [-0.2, 0) is 0 Å². The van der Waals surface area contributed by atoms with Crippen LogP contribution in [0.25, 0.3) is 0 Å². The minimum Gasteiger partial charge on any atom is -0.385 e. The Bertz CT molecular complexity index is 1980. The molecule has 3 nitrogen and oxygen atoms in total. The first-order valence-corrected chi connectivity index (χ1v) is 45.0. The lowest BCUT2D eigenvalue weighted by atomic mass is 9.79. The summed E-state index contributed by atoms with van der Waals surface area (Å²) in [5, 5.41) is 6.96. The molecule has 0 saturated heterocycles. The number of hydrogen-bond donors (Lipinski definition) is 2. The quantitative estimate of drug-likeness (QED) is 0.0503. The summed E-state index contributed by atoms with van der Waals surface area (Å²) < 4.78 is 0. The molecule has 1 aromatic carbocycles. The average Bonchev–Trinajstić information content (AvgIpc) is 0.963. The third-order valence-electron chi connectivity index (χ3n) is 21.3. The summed E-state index contributed by atoms with van der Waals surface area (Å²) in [6.45, 7) is 70.9. The fourth-order valence-corrected chi connectivity index (χ4v) is 12.8. The number of hydrogen-bond acceptors (Lipinski definition) is 3. The Morgan fingerprint density at radius 3 is 1.38 bits per heavy atom. The Labute approximate surface area is 647 Å². The van der Waals surface area contributed by atoms with Gasteiger partial charge in [-0.1, -0.05) is 377 Å². The van der Waals surface area contributed by atoms with E-state index in [1.165, 1.54) is 305 Å². The maximum atomic E-state index is 4.33. The second kappa shape index (κ2) is 73.1. The van der Waals surface area contributed by atoms with Gasteiger partial charge in [0.25, 0.3) is 0 Å². The minimum atomic E-state index is 0.431. The van der Waals surface area contributed by atoms with Gasteiger partial charge < -0.3 is 15.5 Å². The topological polar surface area (TPSA) is 27.3 Å². The highest BCUT2D eigenvalue weighted by molar-refractivity contribution is 5.44. The highest BCUT2D eigenvalue weighted by atomic mass is 15.1. The van der Waals surface area contributed by atoms with Crippen molar-refractivity contribution < 1.29 is 0 Å². The van der Waals surface area contributed by atoms with E-state index in [0.29, 0.717) is 10.8 Å². The van der Waals surface area contributed by atoms with E-state index in [2.05, 4.69) is 252 Å². The van der Waals surface area contributed by atoms with Crippen molar-refractivity contribution in [1.29, 1.82) is 0 Å². The lowest BCUT2D eigenvalue weighted by Gasteiger charge is -2.27. The lowest BCUT2D eigenvalue weighted by molar-refractivity contribution is 0.255. The summed E-state index contributed by atoms with van der Waals surface area (Å²) in [6.07, 6.45) is 64.7. The second-order valence-corrected chi connectivity index (χ2v) is 37.9. The molecule has 0 heterocycles. The van der Waals surface area contributed by atoms with Crippen molar-refractivity contribution >= 4 is 5.69 Å². The van der Waals surface area contributed by atoms with Crippen LogP contribution < -0.4 is 10.6 Å². The van der Waals surface area contributed by atoms with Crippen molar-refractivity contribution in [3.8, 4) is 0 Å². The van der Waals surface area contributed by atoms with E-state index in [1.807, 2.05) is 0 Å². The molecule has 1 rings (SSSR count). The predicted octanol–water partition coefficient (Wildman–Crippen LogP) is 33.6. The van der Waals surface area contributed by atoms with Crippen LogP contribution in [0.2, 0.25) is 0 Å². The molecule has 0 aliphatic rings. The number of nitrogens with one attached hydrogen (secondary N) is 2. The second-order valence-electron chi connectivity index (χ2n) is 37.9. The van der Waals surface area contributed by atoms with Crippen LogP contribution in [0.4, 0.5) is 5.69 Å². The molecule has 0 aliphatic carbocycles. The van der Waals surface area contributed by atoms with Gasteiger partial charge in [0.2, 0.25) is 0 Å². The maximum Gasteiger partial charge on any atom is 0.0340 e. The van der Waals surface area contributed by atoms with E-state index in [9.17, 15) is 0 Å². The molecular formula is C99H195N3. The smallest absolute Gasteiger partial charge is 0.0340 e. The highest BCUT2D eigenvalue weighted by Crippen LogP contribution is 2.34.